The van der Waals surface area contributed by atoms with Gasteiger partial charge in [0.1, 0.15) is 0 Å². The van der Waals surface area contributed by atoms with Crippen LogP contribution in [0.2, 0.25) is 0 Å². The molecule has 30 heavy (non-hydrogen) atoms. The Balaban J connectivity index is 1.30. The molecule has 0 bridgehead atoms. The molecule has 4 heteroatoms. The van der Waals surface area contributed by atoms with E-state index in [0.29, 0.717) is 29.3 Å². The quantitative estimate of drug-likeness (QED) is 0.600. The van der Waals surface area contributed by atoms with Gasteiger partial charge in [-0.2, -0.15) is 0 Å². The van der Waals surface area contributed by atoms with Gasteiger partial charge in [-0.25, -0.2) is 0 Å². The lowest BCUT2D eigenvalue weighted by molar-refractivity contribution is -0.316. The molecular formula is C26H43NO3. The fourth-order valence-electron chi connectivity index (χ4n) is 8.00. The fourth-order valence-corrected chi connectivity index (χ4v) is 8.00. The van der Waals surface area contributed by atoms with Crippen molar-refractivity contribution >= 4 is 0 Å². The Hall–Kier alpha value is -0.420. The monoisotopic (exact) mass is 417 g/mol. The number of fused-ring (bicyclic) bond motifs is 3. The number of nitrogens with zero attached hydrogens (tertiary/aromatic N) is 1. The van der Waals surface area contributed by atoms with Crippen molar-refractivity contribution in [1.29, 1.82) is 0 Å². The molecule has 5 fully saturated rings. The Labute approximate surface area is 183 Å². The zero-order valence-corrected chi connectivity index (χ0v) is 19.4. The highest BCUT2D eigenvalue weighted by molar-refractivity contribution is 5.18. The van der Waals surface area contributed by atoms with Crippen LogP contribution in [-0.2, 0) is 14.2 Å². The van der Waals surface area contributed by atoms with E-state index >= 15 is 0 Å². The summed E-state index contributed by atoms with van der Waals surface area (Å²) >= 11 is 0. The van der Waals surface area contributed by atoms with Gasteiger partial charge in [0, 0.05) is 24.4 Å². The van der Waals surface area contributed by atoms with Crippen LogP contribution in [0.4, 0.5) is 0 Å². The second kappa shape index (κ2) is 8.50. The predicted molar refractivity (Wildman–Crippen MR) is 119 cm³/mol. The number of ether oxygens (including phenoxy) is 3. The van der Waals surface area contributed by atoms with Crippen LogP contribution in [0.3, 0.4) is 0 Å². The molecule has 0 N–H and O–H groups in total. The zero-order chi connectivity index (χ0) is 20.8. The molecule has 0 aromatic carbocycles. The van der Waals surface area contributed by atoms with Gasteiger partial charge in [-0.1, -0.05) is 38.8 Å². The van der Waals surface area contributed by atoms with E-state index in [2.05, 4.69) is 25.3 Å². The van der Waals surface area contributed by atoms with Crippen molar-refractivity contribution in [1.82, 2.24) is 4.90 Å². The number of hydrogen-bond acceptors (Lipinski definition) is 4. The van der Waals surface area contributed by atoms with Gasteiger partial charge in [0.2, 0.25) is 0 Å². The standard InChI is InChI=1S/C26H43NO3/c1-19-8-9-22-25(2,21(19)11-13-27-14-16-28-17-15-27)12-10-23-26(22,3)18-29-24(30-23)20-6-4-5-7-20/h20-24H,1,4-18H2,2-3H3/t21-,22?,23-,24-,25+,26+/m1/s1. The Bertz CT molecular complexity index is 626. The van der Waals surface area contributed by atoms with Gasteiger partial charge in [0.25, 0.3) is 0 Å². The number of allylic oxidation sites excluding steroid dienone is 1. The first-order valence-corrected chi connectivity index (χ1v) is 12.8. The first-order chi connectivity index (χ1) is 14.5. The first kappa shape index (κ1) is 21.4. The summed E-state index contributed by atoms with van der Waals surface area (Å²) in [4.78, 5) is 2.59. The molecule has 2 aliphatic heterocycles. The van der Waals surface area contributed by atoms with Crippen LogP contribution in [0, 0.1) is 28.6 Å². The Kier molecular flexibility index (Phi) is 6.07. The van der Waals surface area contributed by atoms with E-state index < -0.39 is 0 Å². The average molecular weight is 418 g/mol. The summed E-state index contributed by atoms with van der Waals surface area (Å²) in [6.07, 6.45) is 11.9. The summed E-state index contributed by atoms with van der Waals surface area (Å²) in [6, 6.07) is 0. The lowest BCUT2D eigenvalue weighted by Crippen LogP contribution is -2.62. The molecule has 3 aliphatic carbocycles. The minimum Gasteiger partial charge on any atom is -0.379 e. The van der Waals surface area contributed by atoms with E-state index in [0.717, 1.165) is 32.9 Å². The maximum Gasteiger partial charge on any atom is 0.160 e. The SMILES string of the molecule is C=C1CCC2[C@]3(C)CO[C@@H](C4CCCC4)O[C@@H]3CC[C@@]2(C)[C@@H]1CCN1CCOCC1. The van der Waals surface area contributed by atoms with Gasteiger partial charge in [0.15, 0.2) is 6.29 Å². The Morgan fingerprint density at radius 2 is 1.80 bits per heavy atom. The normalized spacial score (nSPS) is 45.9. The molecule has 2 saturated heterocycles. The van der Waals surface area contributed by atoms with Gasteiger partial charge in [-0.15, -0.1) is 0 Å². The van der Waals surface area contributed by atoms with E-state index in [1.807, 2.05) is 0 Å². The molecule has 6 atom stereocenters. The summed E-state index contributed by atoms with van der Waals surface area (Å²) in [5.41, 5.74) is 1.99. The van der Waals surface area contributed by atoms with Gasteiger partial charge >= 0.3 is 0 Å². The molecule has 3 saturated carbocycles. The highest BCUT2D eigenvalue weighted by Crippen LogP contribution is 2.63. The molecular weight excluding hydrogens is 374 g/mol. The van der Waals surface area contributed by atoms with Crippen LogP contribution in [0.1, 0.15) is 71.6 Å². The van der Waals surface area contributed by atoms with Crippen molar-refractivity contribution in [2.75, 3.05) is 39.5 Å². The van der Waals surface area contributed by atoms with Crippen LogP contribution >= 0.6 is 0 Å². The Morgan fingerprint density at radius 1 is 1.03 bits per heavy atom. The van der Waals surface area contributed by atoms with Crippen LogP contribution in [-0.4, -0.2) is 56.7 Å². The molecule has 5 aliphatic rings. The molecule has 5 rings (SSSR count). The molecule has 0 amide bonds. The molecule has 1 unspecified atom stereocenters. The van der Waals surface area contributed by atoms with E-state index in [1.165, 1.54) is 69.9 Å². The molecule has 4 nitrogen and oxygen atoms in total. The Morgan fingerprint density at radius 3 is 2.57 bits per heavy atom. The van der Waals surface area contributed by atoms with Crippen molar-refractivity contribution in [2.45, 2.75) is 84.0 Å². The molecule has 170 valence electrons. The largest absolute Gasteiger partial charge is 0.379 e. The maximum atomic E-state index is 6.72. The van der Waals surface area contributed by atoms with Gasteiger partial charge in [-0.05, 0) is 68.7 Å². The third-order valence-corrected chi connectivity index (χ3v) is 9.80. The van der Waals surface area contributed by atoms with E-state index in [-0.39, 0.29) is 11.7 Å². The lowest BCUT2D eigenvalue weighted by atomic mass is 9.46. The third-order valence-electron chi connectivity index (χ3n) is 9.80. The third kappa shape index (κ3) is 3.70. The van der Waals surface area contributed by atoms with E-state index in [9.17, 15) is 0 Å². The summed E-state index contributed by atoms with van der Waals surface area (Å²) in [7, 11) is 0. The van der Waals surface area contributed by atoms with Crippen molar-refractivity contribution in [3.05, 3.63) is 12.2 Å². The smallest absolute Gasteiger partial charge is 0.160 e. The van der Waals surface area contributed by atoms with Gasteiger partial charge in [-0.3, -0.25) is 4.90 Å². The minimum absolute atomic E-state index is 0.0607. The molecule has 0 radical (unpaired) electrons. The number of morpholine rings is 1. The van der Waals surface area contributed by atoms with E-state index in [1.54, 1.807) is 0 Å². The lowest BCUT2D eigenvalue weighted by Gasteiger charge is -2.63. The van der Waals surface area contributed by atoms with Crippen LogP contribution < -0.4 is 0 Å². The van der Waals surface area contributed by atoms with Crippen LogP contribution in [0.25, 0.3) is 0 Å². The first-order valence-electron chi connectivity index (χ1n) is 12.8. The summed E-state index contributed by atoms with van der Waals surface area (Å²) in [6.45, 7) is 15.7. The zero-order valence-electron chi connectivity index (χ0n) is 19.4. The molecule has 0 aromatic heterocycles. The van der Waals surface area contributed by atoms with E-state index in [4.69, 9.17) is 14.2 Å². The van der Waals surface area contributed by atoms with Crippen LogP contribution in [0.5, 0.6) is 0 Å². The summed E-state index contributed by atoms with van der Waals surface area (Å²) in [5.74, 6) is 1.94. The minimum atomic E-state index is 0.0607. The molecule has 2 heterocycles. The molecule has 0 aromatic rings. The fraction of sp³-hybridized carbons (Fsp3) is 0.923. The highest BCUT2D eigenvalue weighted by Gasteiger charge is 2.60. The predicted octanol–water partition coefficient (Wildman–Crippen LogP) is 5.03. The van der Waals surface area contributed by atoms with Crippen molar-refractivity contribution in [2.24, 2.45) is 28.6 Å². The molecule has 0 spiro atoms. The number of hydrogen-bond donors (Lipinski definition) is 0. The van der Waals surface area contributed by atoms with Crippen LogP contribution in [0.15, 0.2) is 12.2 Å². The number of rotatable bonds is 4. The summed E-state index contributed by atoms with van der Waals surface area (Å²) < 4.78 is 18.7. The van der Waals surface area contributed by atoms with Gasteiger partial charge in [0.05, 0.1) is 25.9 Å². The van der Waals surface area contributed by atoms with Crippen molar-refractivity contribution in [3.63, 3.8) is 0 Å². The van der Waals surface area contributed by atoms with Crippen molar-refractivity contribution < 1.29 is 14.2 Å². The second-order valence-corrected chi connectivity index (χ2v) is 11.4. The maximum absolute atomic E-state index is 6.72. The average Bonchev–Trinajstić information content (AvgIpc) is 3.28. The van der Waals surface area contributed by atoms with Crippen molar-refractivity contribution in [3.8, 4) is 0 Å². The summed E-state index contributed by atoms with van der Waals surface area (Å²) in [5, 5.41) is 0. The highest BCUT2D eigenvalue weighted by atomic mass is 16.7. The second-order valence-electron chi connectivity index (χ2n) is 11.4. The van der Waals surface area contributed by atoms with Gasteiger partial charge < -0.3 is 14.2 Å². The topological polar surface area (TPSA) is 30.9 Å².